The molecule has 0 aliphatic heterocycles. The highest BCUT2D eigenvalue weighted by molar-refractivity contribution is 5.95. The molecule has 1 aliphatic rings. The van der Waals surface area contributed by atoms with Gasteiger partial charge in [0.25, 0.3) is 5.91 Å². The molecule has 0 radical (unpaired) electrons. The lowest BCUT2D eigenvalue weighted by Crippen LogP contribution is -2.36. The van der Waals surface area contributed by atoms with Crippen molar-refractivity contribution < 1.29 is 9.59 Å². The Morgan fingerprint density at radius 3 is 2.29 bits per heavy atom. The minimum absolute atomic E-state index is 0.104. The molecule has 2 rings (SSSR count). The minimum atomic E-state index is -0.179. The molecule has 0 unspecified atom stereocenters. The molecule has 114 valence electrons. The third-order valence-electron chi connectivity index (χ3n) is 3.52. The van der Waals surface area contributed by atoms with E-state index < -0.39 is 0 Å². The van der Waals surface area contributed by atoms with E-state index >= 15 is 0 Å². The summed E-state index contributed by atoms with van der Waals surface area (Å²) in [6, 6.07) is 7.12. The molecule has 0 aromatic heterocycles. The number of amides is 3. The Morgan fingerprint density at radius 2 is 1.71 bits per heavy atom. The smallest absolute Gasteiger partial charge is 0.319 e. The van der Waals surface area contributed by atoms with E-state index in [9.17, 15) is 9.59 Å². The average molecular weight is 289 g/mol. The third kappa shape index (κ3) is 4.77. The quantitative estimate of drug-likeness (QED) is 0.797. The molecule has 1 saturated carbocycles. The van der Waals surface area contributed by atoms with E-state index in [1.807, 2.05) is 13.8 Å². The number of rotatable bonds is 4. The van der Waals surface area contributed by atoms with Gasteiger partial charge in [0.1, 0.15) is 0 Å². The topological polar surface area (TPSA) is 70.2 Å². The van der Waals surface area contributed by atoms with Crippen LogP contribution in [0.15, 0.2) is 24.3 Å². The molecule has 1 fully saturated rings. The second-order valence-electron chi connectivity index (χ2n) is 5.79. The lowest BCUT2D eigenvalue weighted by Gasteiger charge is -2.13. The molecule has 5 heteroatoms. The number of hydrogen-bond acceptors (Lipinski definition) is 2. The number of benzene rings is 1. The summed E-state index contributed by atoms with van der Waals surface area (Å²) in [6.45, 7) is 3.84. The monoisotopic (exact) mass is 289 g/mol. The Kier molecular flexibility index (Phi) is 5.20. The van der Waals surface area contributed by atoms with Crippen molar-refractivity contribution in [3.63, 3.8) is 0 Å². The molecule has 3 N–H and O–H groups in total. The summed E-state index contributed by atoms with van der Waals surface area (Å²) in [5.41, 5.74) is 1.28. The molecule has 3 amide bonds. The van der Waals surface area contributed by atoms with E-state index in [4.69, 9.17) is 0 Å². The van der Waals surface area contributed by atoms with Crippen LogP contribution < -0.4 is 16.0 Å². The zero-order chi connectivity index (χ0) is 15.2. The lowest BCUT2D eigenvalue weighted by atomic mass is 10.2. The summed E-state index contributed by atoms with van der Waals surface area (Å²) in [6.07, 6.45) is 4.48. The summed E-state index contributed by atoms with van der Waals surface area (Å²) in [7, 11) is 0. The molecule has 1 aromatic rings. The Labute approximate surface area is 125 Å². The van der Waals surface area contributed by atoms with Crippen molar-refractivity contribution in [3.8, 4) is 0 Å². The number of carbonyl (C=O) groups excluding carboxylic acids is 2. The van der Waals surface area contributed by atoms with Crippen molar-refractivity contribution in [1.29, 1.82) is 0 Å². The highest BCUT2D eigenvalue weighted by Gasteiger charge is 2.17. The normalized spacial score (nSPS) is 15.0. The fourth-order valence-electron chi connectivity index (χ4n) is 2.47. The van der Waals surface area contributed by atoms with Crippen LogP contribution in [-0.2, 0) is 0 Å². The van der Waals surface area contributed by atoms with Crippen LogP contribution in [0.2, 0.25) is 0 Å². The van der Waals surface area contributed by atoms with Crippen LogP contribution in [0.25, 0.3) is 0 Å². The van der Waals surface area contributed by atoms with Crippen molar-refractivity contribution in [1.82, 2.24) is 10.6 Å². The summed E-state index contributed by atoms with van der Waals surface area (Å²) < 4.78 is 0. The van der Waals surface area contributed by atoms with Crippen LogP contribution in [0.5, 0.6) is 0 Å². The summed E-state index contributed by atoms with van der Waals surface area (Å²) >= 11 is 0. The molecule has 0 bridgehead atoms. The number of urea groups is 1. The number of carbonyl (C=O) groups is 2. The lowest BCUT2D eigenvalue weighted by molar-refractivity contribution is 0.0943. The maximum Gasteiger partial charge on any atom is 0.319 e. The standard InChI is InChI=1S/C16H23N3O2/c1-11(2)17-15(20)12-7-9-14(10-8-12)19-16(21)18-13-5-3-4-6-13/h7-11,13H,3-6H2,1-2H3,(H,17,20)(H2,18,19,21). The molecule has 0 atom stereocenters. The van der Waals surface area contributed by atoms with E-state index in [2.05, 4.69) is 16.0 Å². The Bertz CT molecular complexity index is 491. The first-order chi connectivity index (χ1) is 10.0. The van der Waals surface area contributed by atoms with Crippen LogP contribution in [0.4, 0.5) is 10.5 Å². The molecule has 1 aliphatic carbocycles. The van der Waals surface area contributed by atoms with Crippen molar-refractivity contribution in [2.75, 3.05) is 5.32 Å². The van der Waals surface area contributed by atoms with Crippen LogP contribution in [0, 0.1) is 0 Å². The average Bonchev–Trinajstić information content (AvgIpc) is 2.91. The van der Waals surface area contributed by atoms with Gasteiger partial charge in [0.2, 0.25) is 0 Å². The number of anilines is 1. The van der Waals surface area contributed by atoms with Gasteiger partial charge in [-0.05, 0) is 51.0 Å². The Morgan fingerprint density at radius 1 is 1.10 bits per heavy atom. The van der Waals surface area contributed by atoms with Gasteiger partial charge < -0.3 is 16.0 Å². The van der Waals surface area contributed by atoms with Crippen LogP contribution in [0.1, 0.15) is 49.9 Å². The molecule has 0 saturated heterocycles. The van der Waals surface area contributed by atoms with Gasteiger partial charge in [-0.2, -0.15) is 0 Å². The largest absolute Gasteiger partial charge is 0.350 e. The third-order valence-corrected chi connectivity index (χ3v) is 3.52. The SMILES string of the molecule is CC(C)NC(=O)c1ccc(NC(=O)NC2CCCC2)cc1. The predicted molar refractivity (Wildman–Crippen MR) is 83.5 cm³/mol. The van der Waals surface area contributed by atoms with Gasteiger partial charge in [0.05, 0.1) is 0 Å². The highest BCUT2D eigenvalue weighted by atomic mass is 16.2. The summed E-state index contributed by atoms with van der Waals surface area (Å²) in [5.74, 6) is -0.105. The Balaban J connectivity index is 1.86. The van der Waals surface area contributed by atoms with Crippen LogP contribution in [0.3, 0.4) is 0 Å². The minimum Gasteiger partial charge on any atom is -0.350 e. The number of nitrogens with one attached hydrogen (secondary N) is 3. The molecular formula is C16H23N3O2. The first kappa shape index (κ1) is 15.4. The van der Waals surface area contributed by atoms with E-state index in [1.165, 1.54) is 12.8 Å². The first-order valence-electron chi connectivity index (χ1n) is 7.53. The number of hydrogen-bond donors (Lipinski definition) is 3. The van der Waals surface area contributed by atoms with Gasteiger partial charge in [-0.3, -0.25) is 4.79 Å². The van der Waals surface area contributed by atoms with Crippen molar-refractivity contribution in [2.24, 2.45) is 0 Å². The van der Waals surface area contributed by atoms with Gasteiger partial charge in [-0.1, -0.05) is 12.8 Å². The molecular weight excluding hydrogens is 266 g/mol. The summed E-state index contributed by atoms with van der Waals surface area (Å²) in [5, 5.41) is 8.58. The second-order valence-corrected chi connectivity index (χ2v) is 5.79. The first-order valence-corrected chi connectivity index (χ1v) is 7.53. The maximum absolute atomic E-state index is 11.8. The molecule has 21 heavy (non-hydrogen) atoms. The summed E-state index contributed by atoms with van der Waals surface area (Å²) in [4.78, 5) is 23.6. The van der Waals surface area contributed by atoms with Crippen molar-refractivity contribution >= 4 is 17.6 Å². The van der Waals surface area contributed by atoms with Gasteiger partial charge in [0.15, 0.2) is 0 Å². The Hall–Kier alpha value is -2.04. The van der Waals surface area contributed by atoms with Crippen molar-refractivity contribution in [2.45, 2.75) is 51.6 Å². The van der Waals surface area contributed by atoms with E-state index in [0.29, 0.717) is 17.3 Å². The van der Waals surface area contributed by atoms with Crippen molar-refractivity contribution in [3.05, 3.63) is 29.8 Å². The van der Waals surface area contributed by atoms with Gasteiger partial charge in [-0.15, -0.1) is 0 Å². The second kappa shape index (κ2) is 7.11. The molecule has 0 spiro atoms. The molecule has 1 aromatic carbocycles. The fourth-order valence-corrected chi connectivity index (χ4v) is 2.47. The van der Waals surface area contributed by atoms with Gasteiger partial charge in [-0.25, -0.2) is 4.79 Å². The highest BCUT2D eigenvalue weighted by Crippen LogP contribution is 2.18. The molecule has 0 heterocycles. The fraction of sp³-hybridized carbons (Fsp3) is 0.500. The maximum atomic E-state index is 11.8. The van der Waals surface area contributed by atoms with Gasteiger partial charge in [0, 0.05) is 23.3 Å². The van der Waals surface area contributed by atoms with Crippen LogP contribution in [-0.4, -0.2) is 24.0 Å². The van der Waals surface area contributed by atoms with Gasteiger partial charge >= 0.3 is 6.03 Å². The zero-order valence-corrected chi connectivity index (χ0v) is 12.6. The zero-order valence-electron chi connectivity index (χ0n) is 12.6. The van der Waals surface area contributed by atoms with Crippen LogP contribution >= 0.6 is 0 Å². The van der Waals surface area contributed by atoms with E-state index in [-0.39, 0.29) is 18.0 Å². The van der Waals surface area contributed by atoms with E-state index in [0.717, 1.165) is 12.8 Å². The van der Waals surface area contributed by atoms with E-state index in [1.54, 1.807) is 24.3 Å². The molecule has 5 nitrogen and oxygen atoms in total. The predicted octanol–water partition coefficient (Wildman–Crippen LogP) is 2.89.